The van der Waals surface area contributed by atoms with Crippen LogP contribution in [0.15, 0.2) is 82.0 Å². The topological polar surface area (TPSA) is 431 Å². The summed E-state index contributed by atoms with van der Waals surface area (Å²) in [4.78, 5) is 104. The molecular weight excluding hydrogens is 1080 g/mol. The first-order chi connectivity index (χ1) is 37.9. The summed E-state index contributed by atoms with van der Waals surface area (Å²) in [6, 6.07) is 15.8. The molecular formula is C52H47ClN4O23. The highest BCUT2D eigenvalue weighted by Gasteiger charge is 2.55. The zero-order valence-corrected chi connectivity index (χ0v) is 41.8. The number of aliphatic hydroxyl groups is 6. The zero-order valence-electron chi connectivity index (χ0n) is 41.0. The van der Waals surface area contributed by atoms with E-state index in [1.54, 1.807) is 0 Å². The third-order valence-electron chi connectivity index (χ3n) is 14.5. The summed E-state index contributed by atoms with van der Waals surface area (Å²) >= 11 is 5.95. The number of benzene rings is 4. The van der Waals surface area contributed by atoms with Crippen molar-refractivity contribution in [3.63, 3.8) is 0 Å². The van der Waals surface area contributed by atoms with Gasteiger partial charge >= 0.3 is 23.5 Å². The molecule has 3 fully saturated rings. The van der Waals surface area contributed by atoms with Crippen molar-refractivity contribution < 1.29 is 108 Å². The summed E-state index contributed by atoms with van der Waals surface area (Å²) in [5, 5.41) is 97.3. The molecule has 5 aliphatic rings. The second-order valence-electron chi connectivity index (χ2n) is 19.6. The van der Waals surface area contributed by atoms with E-state index in [-0.39, 0.29) is 97.6 Å². The van der Waals surface area contributed by atoms with Gasteiger partial charge in [-0.3, -0.25) is 28.9 Å². The smallest absolute Gasteiger partial charge is 0.349 e. The van der Waals surface area contributed by atoms with E-state index in [0.29, 0.717) is 0 Å². The Morgan fingerprint density at radius 2 is 1.43 bits per heavy atom. The minimum absolute atomic E-state index is 0.000987. The van der Waals surface area contributed by atoms with Gasteiger partial charge in [0.05, 0.1) is 28.8 Å². The Hall–Kier alpha value is -8.25. The number of esters is 1. The Morgan fingerprint density at radius 3 is 2.10 bits per heavy atom. The molecule has 420 valence electrons. The average Bonchev–Trinajstić information content (AvgIpc) is 4.05. The van der Waals surface area contributed by atoms with Gasteiger partial charge in [0.2, 0.25) is 24.0 Å². The monoisotopic (exact) mass is 1130 g/mol. The predicted molar refractivity (Wildman–Crippen MR) is 265 cm³/mol. The number of hydrogen-bond acceptors (Lipinski definition) is 22. The quantitative estimate of drug-likeness (QED) is 0.0410. The third kappa shape index (κ3) is 9.76. The molecule has 1 aliphatic carbocycles. The van der Waals surface area contributed by atoms with Gasteiger partial charge in [-0.1, -0.05) is 17.7 Å². The molecule has 1 spiro atoms. The first-order valence-electron chi connectivity index (χ1n) is 24.5. The lowest BCUT2D eigenvalue weighted by molar-refractivity contribution is -0.271. The minimum Gasteiger partial charge on any atom is -0.506 e. The van der Waals surface area contributed by atoms with Crippen LogP contribution >= 0.6 is 11.6 Å². The SMILES string of the molecule is N[C@H]1C[C@@H](CCNC(=O)c2cc3cc(Cl)c(O)cc3oc2=O)C(=O)N1C(=O)CC(=O)Nc1ccc2c(c1)C(=O)OC21c2ccc(OC3CC(C(=O)O)C(O)C(O)C3O)cc2Oc2cc(OC3OC(C(=O)O)C(O)C(O)C3O)ccc21. The molecule has 13 atom stereocenters. The largest absolute Gasteiger partial charge is 0.506 e. The lowest BCUT2D eigenvalue weighted by Crippen LogP contribution is -2.61. The molecule has 5 aromatic rings. The van der Waals surface area contributed by atoms with Crippen molar-refractivity contribution in [3.8, 4) is 28.7 Å². The molecule has 4 aliphatic heterocycles. The number of phenolic OH excluding ortho intramolecular Hbond substituents is 1. The van der Waals surface area contributed by atoms with Gasteiger partial charge < -0.3 is 90.4 Å². The van der Waals surface area contributed by atoms with Gasteiger partial charge in [-0.05, 0) is 61.4 Å². The molecule has 0 radical (unpaired) electrons. The number of phenols is 1. The molecule has 4 amide bonds. The number of carbonyl (C=O) groups excluding carboxylic acids is 5. The Labute approximate surface area is 453 Å². The molecule has 1 aromatic heterocycles. The summed E-state index contributed by atoms with van der Waals surface area (Å²) < 4.78 is 34.7. The summed E-state index contributed by atoms with van der Waals surface area (Å²) in [7, 11) is 0. The van der Waals surface area contributed by atoms with Gasteiger partial charge in [-0.2, -0.15) is 0 Å². The number of aliphatic hydroxyl groups excluding tert-OH is 6. The standard InChI is InChI=1S/C52H47ClN4O23/c53-29-10-19-9-25(49(73)78-31(19)16-30(29)58)45(67)55-8-7-18-11-35(54)57(46(18)68)37(60)17-36(59)56-20-1-4-26-23(12-20)50(74)80-52(26)27-5-2-21(75-34-15-24(47(69)70)38(61)40(63)39(34)62)13-32(27)77-33-14-22(3-6-28(33)52)76-51-43(66)41(64)42(65)44(79-51)48(71)72/h1-6,9-10,12-14,16,18,24,34-35,38-44,51,58,61-66H,7-8,11,15,17,54H2,(H,55,67)(H,56,59)(H,69,70)(H,71,72)/t18-,24?,34?,35-,38?,39?,40?,41?,42?,43?,44?,51?,52?/m1/s1. The number of carboxylic acid groups (broad SMARTS) is 2. The van der Waals surface area contributed by atoms with E-state index >= 15 is 0 Å². The summed E-state index contributed by atoms with van der Waals surface area (Å²) in [6.45, 7) is -0.134. The number of halogens is 1. The Morgan fingerprint density at radius 1 is 0.762 bits per heavy atom. The highest BCUT2D eigenvalue weighted by molar-refractivity contribution is 6.32. The van der Waals surface area contributed by atoms with Gasteiger partial charge in [0.25, 0.3) is 5.91 Å². The van der Waals surface area contributed by atoms with Crippen molar-refractivity contribution in [1.29, 1.82) is 0 Å². The van der Waals surface area contributed by atoms with Crippen molar-refractivity contribution in [3.05, 3.63) is 116 Å². The molecule has 11 unspecified atom stereocenters. The molecule has 13 N–H and O–H groups in total. The lowest BCUT2D eigenvalue weighted by atomic mass is 9.77. The lowest BCUT2D eigenvalue weighted by Gasteiger charge is -2.39. The van der Waals surface area contributed by atoms with Crippen LogP contribution < -0.4 is 36.2 Å². The minimum atomic E-state index is -2.03. The highest BCUT2D eigenvalue weighted by atomic mass is 35.5. The number of rotatable bonds is 13. The van der Waals surface area contributed by atoms with Crippen LogP contribution in [0.5, 0.6) is 28.7 Å². The molecule has 27 nitrogen and oxygen atoms in total. The second-order valence-corrected chi connectivity index (χ2v) is 20.0. The van der Waals surface area contributed by atoms with Gasteiger partial charge in [0.15, 0.2) is 11.7 Å². The normalized spacial score (nSPS) is 28.5. The fourth-order valence-electron chi connectivity index (χ4n) is 10.5. The number of fused-ring (bicyclic) bond motifs is 7. The molecule has 10 rings (SSSR count). The molecule has 4 aromatic carbocycles. The molecule has 80 heavy (non-hydrogen) atoms. The second kappa shape index (κ2) is 21.1. The van der Waals surface area contributed by atoms with E-state index in [1.165, 1.54) is 66.7 Å². The molecule has 5 heterocycles. The van der Waals surface area contributed by atoms with Crippen LogP contribution in [0.1, 0.15) is 63.1 Å². The zero-order chi connectivity index (χ0) is 57.4. The first kappa shape index (κ1) is 55.1. The Bertz CT molecular complexity index is 3380. The number of aromatic hydroxyl groups is 1. The maximum absolute atomic E-state index is 14.1. The third-order valence-corrected chi connectivity index (χ3v) is 14.8. The number of nitrogens with zero attached hydrogens (tertiary/aromatic N) is 1. The number of hydrogen-bond donors (Lipinski definition) is 12. The summed E-state index contributed by atoms with van der Waals surface area (Å²) in [5.74, 6) is -10.6. The van der Waals surface area contributed by atoms with E-state index in [0.717, 1.165) is 11.0 Å². The number of carbonyl (C=O) groups is 7. The number of ether oxygens (including phenoxy) is 5. The number of carboxylic acids is 2. The molecule has 2 saturated heterocycles. The maximum atomic E-state index is 14.1. The van der Waals surface area contributed by atoms with E-state index < -0.39 is 139 Å². The van der Waals surface area contributed by atoms with Crippen LogP contribution in [-0.4, -0.2) is 160 Å². The van der Waals surface area contributed by atoms with E-state index in [4.69, 9.17) is 45.4 Å². The van der Waals surface area contributed by atoms with Crippen molar-refractivity contribution in [2.75, 3.05) is 11.9 Å². The molecule has 0 bridgehead atoms. The van der Waals surface area contributed by atoms with E-state index in [2.05, 4.69) is 10.6 Å². The summed E-state index contributed by atoms with van der Waals surface area (Å²) in [6.07, 6.45) is -19.2. The summed E-state index contributed by atoms with van der Waals surface area (Å²) in [5.41, 5.74) is 3.29. The highest BCUT2D eigenvalue weighted by Crippen LogP contribution is 2.57. The number of anilines is 1. The fraction of sp³-hybridized carbons (Fsp3) is 0.346. The van der Waals surface area contributed by atoms with E-state index in [1.807, 2.05) is 0 Å². The van der Waals surface area contributed by atoms with Crippen LogP contribution in [0.25, 0.3) is 11.0 Å². The van der Waals surface area contributed by atoms with Crippen LogP contribution in [0.2, 0.25) is 5.02 Å². The van der Waals surface area contributed by atoms with Gasteiger partial charge in [-0.15, -0.1) is 0 Å². The van der Waals surface area contributed by atoms with Crippen molar-refractivity contribution in [1.82, 2.24) is 10.2 Å². The van der Waals surface area contributed by atoms with Crippen molar-refractivity contribution in [2.45, 2.75) is 92.6 Å². The van der Waals surface area contributed by atoms with Crippen LogP contribution in [0.4, 0.5) is 5.69 Å². The number of nitrogens with two attached hydrogens (primary N) is 1. The Kier molecular flexibility index (Phi) is 14.5. The van der Waals surface area contributed by atoms with Crippen LogP contribution in [0.3, 0.4) is 0 Å². The first-order valence-corrected chi connectivity index (χ1v) is 24.9. The van der Waals surface area contributed by atoms with E-state index in [9.17, 15) is 84.3 Å². The van der Waals surface area contributed by atoms with Crippen molar-refractivity contribution >= 4 is 69.8 Å². The molecule has 28 heteroatoms. The maximum Gasteiger partial charge on any atom is 0.349 e. The van der Waals surface area contributed by atoms with Gasteiger partial charge in [0, 0.05) is 64.8 Å². The number of imide groups is 1. The number of likely N-dealkylation sites (tertiary alicyclic amines) is 1. The van der Waals surface area contributed by atoms with Crippen LogP contribution in [-0.2, 0) is 39.0 Å². The predicted octanol–water partition coefficient (Wildman–Crippen LogP) is -0.266. The van der Waals surface area contributed by atoms with Gasteiger partial charge in [-0.25, -0.2) is 14.4 Å². The Balaban J connectivity index is 0.865. The number of aliphatic carboxylic acids is 2. The fourth-order valence-corrected chi connectivity index (χ4v) is 10.7. The number of nitrogens with one attached hydrogen (secondary N) is 2. The van der Waals surface area contributed by atoms with Crippen molar-refractivity contribution in [2.24, 2.45) is 17.6 Å². The number of amides is 4. The van der Waals surface area contributed by atoms with Crippen LogP contribution in [0, 0.1) is 11.8 Å². The van der Waals surface area contributed by atoms with Gasteiger partial charge in [0.1, 0.15) is 82.9 Å². The average molecular weight is 1130 g/mol. The molecule has 1 saturated carbocycles.